The molecule has 1 aliphatic heterocycles. The molecule has 0 aromatic carbocycles. The molecule has 1 saturated heterocycles. The molecule has 1 aliphatic rings. The molecule has 0 bridgehead atoms. The fraction of sp³-hybridized carbons (Fsp3) is 1.00. The van der Waals surface area contributed by atoms with Crippen LogP contribution in [0.2, 0.25) is 0 Å². The summed E-state index contributed by atoms with van der Waals surface area (Å²) in [7, 11) is 0. The van der Waals surface area contributed by atoms with Crippen molar-refractivity contribution in [2.24, 2.45) is 5.73 Å². The van der Waals surface area contributed by atoms with Crippen molar-refractivity contribution >= 4 is 0 Å². The van der Waals surface area contributed by atoms with Crippen LogP contribution in [0.1, 0.15) is 40.0 Å². The average molecular weight is 257 g/mol. The highest BCUT2D eigenvalue weighted by molar-refractivity contribution is 4.78. The van der Waals surface area contributed by atoms with Crippen LogP contribution in [0.15, 0.2) is 0 Å². The molecule has 0 saturated carbocycles. The molecule has 1 rings (SSSR count). The largest absolute Gasteiger partial charge is 0.394 e. The monoisotopic (exact) mass is 257 g/mol. The first-order chi connectivity index (χ1) is 8.44. The van der Waals surface area contributed by atoms with E-state index in [-0.39, 0.29) is 6.61 Å². The lowest BCUT2D eigenvalue weighted by Crippen LogP contribution is -2.49. The highest BCUT2D eigenvalue weighted by Crippen LogP contribution is 2.11. The molecular formula is C14H31N3O. The SMILES string of the molecule is CC(C)N1CCN(CCCCC(C)(N)CO)CC1. The quantitative estimate of drug-likeness (QED) is 0.665. The number of hydrogen-bond acceptors (Lipinski definition) is 4. The van der Waals surface area contributed by atoms with Gasteiger partial charge in [0.1, 0.15) is 0 Å². The zero-order valence-electron chi connectivity index (χ0n) is 12.4. The molecule has 4 heteroatoms. The highest BCUT2D eigenvalue weighted by atomic mass is 16.3. The van der Waals surface area contributed by atoms with Crippen LogP contribution in [-0.2, 0) is 0 Å². The van der Waals surface area contributed by atoms with E-state index >= 15 is 0 Å². The van der Waals surface area contributed by atoms with Gasteiger partial charge in [-0.2, -0.15) is 0 Å². The second-order valence-electron chi connectivity index (χ2n) is 6.24. The summed E-state index contributed by atoms with van der Waals surface area (Å²) in [6, 6.07) is 0.676. The Bertz CT molecular complexity index is 223. The summed E-state index contributed by atoms with van der Waals surface area (Å²) in [6.45, 7) is 12.5. The maximum Gasteiger partial charge on any atom is 0.0608 e. The van der Waals surface area contributed by atoms with Crippen LogP contribution in [-0.4, -0.2) is 65.8 Å². The lowest BCUT2D eigenvalue weighted by atomic mass is 9.97. The number of nitrogens with zero attached hydrogens (tertiary/aromatic N) is 2. The highest BCUT2D eigenvalue weighted by Gasteiger charge is 2.19. The third-order valence-electron chi connectivity index (χ3n) is 3.97. The fourth-order valence-corrected chi connectivity index (χ4v) is 2.45. The van der Waals surface area contributed by atoms with Crippen LogP contribution in [0.3, 0.4) is 0 Å². The minimum absolute atomic E-state index is 0.0834. The zero-order valence-corrected chi connectivity index (χ0v) is 12.4. The number of piperazine rings is 1. The van der Waals surface area contributed by atoms with Gasteiger partial charge in [-0.3, -0.25) is 4.90 Å². The van der Waals surface area contributed by atoms with Crippen molar-refractivity contribution in [3.05, 3.63) is 0 Å². The van der Waals surface area contributed by atoms with Gasteiger partial charge in [0.25, 0.3) is 0 Å². The molecule has 1 unspecified atom stereocenters. The van der Waals surface area contributed by atoms with Crippen LogP contribution in [0.25, 0.3) is 0 Å². The normalized spacial score (nSPS) is 22.3. The maximum absolute atomic E-state index is 9.08. The average Bonchev–Trinajstić information content (AvgIpc) is 2.35. The van der Waals surface area contributed by atoms with Gasteiger partial charge in [-0.05, 0) is 40.2 Å². The van der Waals surface area contributed by atoms with Crippen molar-refractivity contribution in [1.29, 1.82) is 0 Å². The Kier molecular flexibility index (Phi) is 6.57. The van der Waals surface area contributed by atoms with Crippen LogP contribution < -0.4 is 5.73 Å². The van der Waals surface area contributed by atoms with E-state index < -0.39 is 5.54 Å². The first kappa shape index (κ1) is 15.9. The van der Waals surface area contributed by atoms with Gasteiger partial charge >= 0.3 is 0 Å². The molecule has 0 aliphatic carbocycles. The van der Waals surface area contributed by atoms with Crippen molar-refractivity contribution in [2.75, 3.05) is 39.3 Å². The lowest BCUT2D eigenvalue weighted by molar-refractivity contribution is 0.106. The van der Waals surface area contributed by atoms with Gasteiger partial charge < -0.3 is 15.7 Å². The molecule has 0 amide bonds. The number of unbranched alkanes of at least 4 members (excludes halogenated alkanes) is 1. The van der Waals surface area contributed by atoms with Gasteiger partial charge in [-0.1, -0.05) is 6.42 Å². The summed E-state index contributed by atoms with van der Waals surface area (Å²) in [4.78, 5) is 5.09. The minimum Gasteiger partial charge on any atom is -0.394 e. The van der Waals surface area contributed by atoms with E-state index in [9.17, 15) is 0 Å². The Hall–Kier alpha value is -0.160. The summed E-state index contributed by atoms with van der Waals surface area (Å²) >= 11 is 0. The smallest absolute Gasteiger partial charge is 0.0608 e. The van der Waals surface area contributed by atoms with Crippen LogP contribution in [0.5, 0.6) is 0 Å². The molecule has 0 radical (unpaired) electrons. The fourth-order valence-electron chi connectivity index (χ4n) is 2.45. The van der Waals surface area contributed by atoms with Crippen molar-refractivity contribution in [1.82, 2.24) is 9.80 Å². The molecule has 3 N–H and O–H groups in total. The number of aliphatic hydroxyl groups excluding tert-OH is 1. The molecule has 0 aromatic rings. The zero-order chi connectivity index (χ0) is 13.6. The predicted octanol–water partition coefficient (Wildman–Crippen LogP) is 0.892. The molecule has 0 spiro atoms. The van der Waals surface area contributed by atoms with Gasteiger partial charge in [-0.25, -0.2) is 0 Å². The predicted molar refractivity (Wildman–Crippen MR) is 76.7 cm³/mol. The second kappa shape index (κ2) is 7.43. The molecular weight excluding hydrogens is 226 g/mol. The maximum atomic E-state index is 9.08. The molecule has 0 aromatic heterocycles. The molecule has 1 atom stereocenters. The summed E-state index contributed by atoms with van der Waals surface area (Å²) in [6.07, 6.45) is 3.21. The van der Waals surface area contributed by atoms with E-state index in [1.165, 1.54) is 39.1 Å². The van der Waals surface area contributed by atoms with Crippen LogP contribution in [0, 0.1) is 0 Å². The summed E-state index contributed by atoms with van der Waals surface area (Å²) < 4.78 is 0. The molecule has 18 heavy (non-hydrogen) atoms. The van der Waals surface area contributed by atoms with Gasteiger partial charge in [0, 0.05) is 37.8 Å². The van der Waals surface area contributed by atoms with Crippen LogP contribution >= 0.6 is 0 Å². The third kappa shape index (κ3) is 5.65. The van der Waals surface area contributed by atoms with Crippen LogP contribution in [0.4, 0.5) is 0 Å². The van der Waals surface area contributed by atoms with Crippen molar-refractivity contribution in [3.8, 4) is 0 Å². The van der Waals surface area contributed by atoms with Crippen molar-refractivity contribution < 1.29 is 5.11 Å². The minimum atomic E-state index is -0.393. The van der Waals surface area contributed by atoms with Gasteiger partial charge in [0.15, 0.2) is 0 Å². The summed E-state index contributed by atoms with van der Waals surface area (Å²) in [5.41, 5.74) is 5.52. The standard InChI is InChI=1S/C14H31N3O/c1-13(2)17-10-8-16(9-11-17)7-5-4-6-14(3,15)12-18/h13,18H,4-12,15H2,1-3H3. The first-order valence-electron chi connectivity index (χ1n) is 7.31. The van der Waals surface area contributed by atoms with Gasteiger partial charge in [0.2, 0.25) is 0 Å². The van der Waals surface area contributed by atoms with E-state index in [0.29, 0.717) is 6.04 Å². The van der Waals surface area contributed by atoms with Gasteiger partial charge in [0.05, 0.1) is 6.61 Å². The van der Waals surface area contributed by atoms with Crippen molar-refractivity contribution in [3.63, 3.8) is 0 Å². The summed E-state index contributed by atoms with van der Waals surface area (Å²) in [5.74, 6) is 0. The molecule has 1 heterocycles. The van der Waals surface area contributed by atoms with Gasteiger partial charge in [-0.15, -0.1) is 0 Å². The Morgan fingerprint density at radius 2 is 1.78 bits per heavy atom. The van der Waals surface area contributed by atoms with E-state index in [1.807, 2.05) is 6.92 Å². The first-order valence-corrected chi connectivity index (χ1v) is 7.31. The molecule has 1 fully saturated rings. The van der Waals surface area contributed by atoms with E-state index in [0.717, 1.165) is 12.8 Å². The lowest BCUT2D eigenvalue weighted by Gasteiger charge is -2.37. The Labute approximate surface area is 112 Å². The number of rotatable bonds is 7. The molecule has 4 nitrogen and oxygen atoms in total. The van der Waals surface area contributed by atoms with E-state index in [4.69, 9.17) is 10.8 Å². The summed E-state index contributed by atoms with van der Waals surface area (Å²) in [5, 5.41) is 9.08. The number of aliphatic hydroxyl groups is 1. The van der Waals surface area contributed by atoms with E-state index in [1.54, 1.807) is 0 Å². The Balaban J connectivity index is 2.08. The third-order valence-corrected chi connectivity index (χ3v) is 3.97. The molecule has 108 valence electrons. The second-order valence-corrected chi connectivity index (χ2v) is 6.24. The topological polar surface area (TPSA) is 52.7 Å². The number of hydrogen-bond donors (Lipinski definition) is 2. The van der Waals surface area contributed by atoms with E-state index in [2.05, 4.69) is 23.6 Å². The Morgan fingerprint density at radius 3 is 2.28 bits per heavy atom. The van der Waals surface area contributed by atoms with Crippen molar-refractivity contribution in [2.45, 2.75) is 51.6 Å². The number of nitrogens with two attached hydrogens (primary N) is 1. The Morgan fingerprint density at radius 1 is 1.17 bits per heavy atom.